The van der Waals surface area contributed by atoms with Crippen molar-refractivity contribution < 1.29 is 9.53 Å². The predicted octanol–water partition coefficient (Wildman–Crippen LogP) is 3.90. The van der Waals surface area contributed by atoms with E-state index in [1.54, 1.807) is 11.3 Å². The Hall–Kier alpha value is -2.16. The third-order valence-corrected chi connectivity index (χ3v) is 6.61. The maximum Gasteiger partial charge on any atom is 0.230 e. The molecule has 0 radical (unpaired) electrons. The van der Waals surface area contributed by atoms with Crippen LogP contribution in [0.4, 0.5) is 0 Å². The summed E-state index contributed by atoms with van der Waals surface area (Å²) < 4.78 is 7.93. The quantitative estimate of drug-likeness (QED) is 0.551. The van der Waals surface area contributed by atoms with Gasteiger partial charge in [-0.1, -0.05) is 42.1 Å². The number of carbonyl (C=O) groups is 1. The number of thiophene rings is 1. The molecule has 4 rings (SSSR count). The molecule has 0 aliphatic carbocycles. The molecule has 1 atom stereocenters. The van der Waals surface area contributed by atoms with Crippen molar-refractivity contribution in [2.45, 2.75) is 44.1 Å². The van der Waals surface area contributed by atoms with Gasteiger partial charge in [-0.15, -0.1) is 21.5 Å². The summed E-state index contributed by atoms with van der Waals surface area (Å²) in [5.74, 6) is 1.13. The highest BCUT2D eigenvalue weighted by Crippen LogP contribution is 2.29. The Kier molecular flexibility index (Phi) is 6.63. The molecule has 1 aromatic carbocycles. The lowest BCUT2D eigenvalue weighted by molar-refractivity contribution is -0.118. The molecule has 8 heteroatoms. The minimum atomic E-state index is -0.0153. The zero-order valence-corrected chi connectivity index (χ0v) is 18.0. The molecule has 1 N–H and O–H groups in total. The van der Waals surface area contributed by atoms with Crippen molar-refractivity contribution in [2.24, 2.45) is 0 Å². The van der Waals surface area contributed by atoms with Gasteiger partial charge in [-0.05, 0) is 31.4 Å². The van der Waals surface area contributed by atoms with E-state index in [2.05, 4.69) is 38.5 Å². The second kappa shape index (κ2) is 9.56. The molecule has 29 heavy (non-hydrogen) atoms. The van der Waals surface area contributed by atoms with Gasteiger partial charge in [0.25, 0.3) is 0 Å². The third-order valence-electron chi connectivity index (χ3n) is 4.78. The molecule has 6 nitrogen and oxygen atoms in total. The predicted molar refractivity (Wildman–Crippen MR) is 116 cm³/mol. The summed E-state index contributed by atoms with van der Waals surface area (Å²) in [4.78, 5) is 13.6. The molecule has 1 amide bonds. The van der Waals surface area contributed by atoms with Crippen LogP contribution in [0.3, 0.4) is 0 Å². The van der Waals surface area contributed by atoms with Gasteiger partial charge < -0.3 is 10.1 Å². The number of nitrogens with one attached hydrogen (secondary N) is 1. The van der Waals surface area contributed by atoms with E-state index in [-0.39, 0.29) is 12.0 Å². The van der Waals surface area contributed by atoms with Crippen molar-refractivity contribution in [3.05, 3.63) is 52.2 Å². The molecule has 1 aliphatic rings. The standard InChI is InChI=1S/C21H24N4O2S2/c1-15-10-17(13-28-15)20-23-24-21(25(20)12-18-8-5-9-27-18)29-14-19(26)22-11-16-6-3-2-4-7-16/h2-4,6-7,10,13,18H,5,8-9,11-12,14H2,1H3,(H,22,26). The lowest BCUT2D eigenvalue weighted by Crippen LogP contribution is -2.25. The van der Waals surface area contributed by atoms with Crippen LogP contribution < -0.4 is 5.32 Å². The number of thioether (sulfide) groups is 1. The highest BCUT2D eigenvalue weighted by molar-refractivity contribution is 7.99. The first kappa shape index (κ1) is 20.1. The second-order valence-corrected chi connectivity index (χ2v) is 9.11. The average Bonchev–Trinajstić information content (AvgIpc) is 3.48. The van der Waals surface area contributed by atoms with E-state index in [1.807, 2.05) is 30.3 Å². The summed E-state index contributed by atoms with van der Waals surface area (Å²) in [6.07, 6.45) is 2.31. The number of rotatable bonds is 8. The number of amides is 1. The Morgan fingerprint density at radius 2 is 2.21 bits per heavy atom. The van der Waals surface area contributed by atoms with Crippen LogP contribution in [0.2, 0.25) is 0 Å². The van der Waals surface area contributed by atoms with E-state index >= 15 is 0 Å². The Morgan fingerprint density at radius 1 is 1.34 bits per heavy atom. The monoisotopic (exact) mass is 428 g/mol. The van der Waals surface area contributed by atoms with E-state index in [4.69, 9.17) is 4.74 Å². The Labute approximate surface area is 178 Å². The topological polar surface area (TPSA) is 69.0 Å². The molecular formula is C21H24N4O2S2. The third kappa shape index (κ3) is 5.26. The summed E-state index contributed by atoms with van der Waals surface area (Å²) in [7, 11) is 0. The van der Waals surface area contributed by atoms with E-state index in [9.17, 15) is 4.79 Å². The van der Waals surface area contributed by atoms with E-state index < -0.39 is 0 Å². The maximum atomic E-state index is 12.3. The highest BCUT2D eigenvalue weighted by atomic mass is 32.2. The number of benzene rings is 1. The van der Waals surface area contributed by atoms with Gasteiger partial charge in [0, 0.05) is 29.0 Å². The zero-order chi connectivity index (χ0) is 20.1. The largest absolute Gasteiger partial charge is 0.376 e. The SMILES string of the molecule is Cc1cc(-c2nnc(SCC(=O)NCc3ccccc3)n2CC2CCCO2)cs1. The van der Waals surface area contributed by atoms with Gasteiger partial charge in [0.05, 0.1) is 18.4 Å². The van der Waals surface area contributed by atoms with Crippen LogP contribution in [-0.4, -0.2) is 39.1 Å². The number of nitrogens with zero attached hydrogens (tertiary/aromatic N) is 3. The van der Waals surface area contributed by atoms with Crippen molar-refractivity contribution in [3.8, 4) is 11.4 Å². The van der Waals surface area contributed by atoms with Crippen molar-refractivity contribution in [2.75, 3.05) is 12.4 Å². The number of carbonyl (C=O) groups excluding carboxylic acids is 1. The Bertz CT molecular complexity index is 949. The fourth-order valence-electron chi connectivity index (χ4n) is 3.30. The van der Waals surface area contributed by atoms with Crippen molar-refractivity contribution in [3.63, 3.8) is 0 Å². The first-order valence-corrected chi connectivity index (χ1v) is 11.6. The molecule has 0 bridgehead atoms. The molecule has 3 heterocycles. The van der Waals surface area contributed by atoms with E-state index in [0.717, 1.165) is 41.6 Å². The minimum Gasteiger partial charge on any atom is -0.376 e. The lowest BCUT2D eigenvalue weighted by Gasteiger charge is -2.14. The fourth-order valence-corrected chi connectivity index (χ4v) is 4.76. The maximum absolute atomic E-state index is 12.3. The van der Waals surface area contributed by atoms with Gasteiger partial charge in [0.15, 0.2) is 11.0 Å². The number of aromatic nitrogens is 3. The van der Waals surface area contributed by atoms with Crippen molar-refractivity contribution in [1.82, 2.24) is 20.1 Å². The second-order valence-electron chi connectivity index (χ2n) is 7.05. The minimum absolute atomic E-state index is 0.0153. The van der Waals surface area contributed by atoms with Crippen LogP contribution in [0.25, 0.3) is 11.4 Å². The molecule has 1 fully saturated rings. The first-order chi connectivity index (χ1) is 14.2. The fraction of sp³-hybridized carbons (Fsp3) is 0.381. The zero-order valence-electron chi connectivity index (χ0n) is 16.3. The van der Waals surface area contributed by atoms with Crippen LogP contribution in [0, 0.1) is 6.92 Å². The van der Waals surface area contributed by atoms with E-state index in [1.165, 1.54) is 16.6 Å². The smallest absolute Gasteiger partial charge is 0.230 e. The first-order valence-electron chi connectivity index (χ1n) is 9.73. The molecule has 0 saturated carbocycles. The molecule has 3 aromatic rings. The van der Waals surface area contributed by atoms with Crippen LogP contribution in [0.15, 0.2) is 46.9 Å². The van der Waals surface area contributed by atoms with Crippen LogP contribution in [-0.2, 0) is 22.6 Å². The summed E-state index contributed by atoms with van der Waals surface area (Å²) >= 11 is 3.12. The summed E-state index contributed by atoms with van der Waals surface area (Å²) in [5, 5.41) is 14.6. The van der Waals surface area contributed by atoms with Gasteiger partial charge in [0.1, 0.15) is 0 Å². The number of aryl methyl sites for hydroxylation is 1. The number of ether oxygens (including phenoxy) is 1. The number of hydrogen-bond acceptors (Lipinski definition) is 6. The molecule has 1 aliphatic heterocycles. The highest BCUT2D eigenvalue weighted by Gasteiger charge is 2.22. The van der Waals surface area contributed by atoms with Gasteiger partial charge in [-0.2, -0.15) is 0 Å². The molecule has 1 saturated heterocycles. The van der Waals surface area contributed by atoms with Gasteiger partial charge in [-0.3, -0.25) is 9.36 Å². The Balaban J connectivity index is 1.43. The van der Waals surface area contributed by atoms with Crippen molar-refractivity contribution >= 4 is 29.0 Å². The van der Waals surface area contributed by atoms with Crippen LogP contribution >= 0.6 is 23.1 Å². The van der Waals surface area contributed by atoms with Crippen molar-refractivity contribution in [1.29, 1.82) is 0 Å². The van der Waals surface area contributed by atoms with Crippen LogP contribution in [0.1, 0.15) is 23.3 Å². The number of hydrogen-bond donors (Lipinski definition) is 1. The molecular weight excluding hydrogens is 404 g/mol. The summed E-state index contributed by atoms with van der Waals surface area (Å²) in [6.45, 7) is 4.14. The Morgan fingerprint density at radius 3 is 2.93 bits per heavy atom. The normalized spacial score (nSPS) is 16.2. The van der Waals surface area contributed by atoms with Gasteiger partial charge >= 0.3 is 0 Å². The molecule has 152 valence electrons. The van der Waals surface area contributed by atoms with Crippen LogP contribution in [0.5, 0.6) is 0 Å². The summed E-state index contributed by atoms with van der Waals surface area (Å²) in [5.41, 5.74) is 2.15. The van der Waals surface area contributed by atoms with Gasteiger partial charge in [0.2, 0.25) is 5.91 Å². The van der Waals surface area contributed by atoms with Gasteiger partial charge in [-0.25, -0.2) is 0 Å². The molecule has 0 spiro atoms. The van der Waals surface area contributed by atoms with E-state index in [0.29, 0.717) is 18.8 Å². The summed E-state index contributed by atoms with van der Waals surface area (Å²) in [6, 6.07) is 12.0. The lowest BCUT2D eigenvalue weighted by atomic mass is 10.2. The molecule has 2 aromatic heterocycles. The average molecular weight is 429 g/mol. The molecule has 1 unspecified atom stereocenters.